The Bertz CT molecular complexity index is 684. The van der Waals surface area contributed by atoms with Crippen LogP contribution in [0.3, 0.4) is 0 Å². The van der Waals surface area contributed by atoms with Gasteiger partial charge in [0, 0.05) is 24.7 Å². The Kier molecular flexibility index (Phi) is 4.25. The minimum Gasteiger partial charge on any atom is -0.422 e. The second kappa shape index (κ2) is 6.05. The number of hydrogen-bond acceptors (Lipinski definition) is 6. The van der Waals surface area contributed by atoms with Crippen molar-refractivity contribution >= 4 is 0 Å². The van der Waals surface area contributed by atoms with Gasteiger partial charge in [0.2, 0.25) is 5.89 Å². The highest BCUT2D eigenvalue weighted by atomic mass is 16.6. The maximum absolute atomic E-state index is 6.06. The minimum absolute atomic E-state index is 0.0647. The van der Waals surface area contributed by atoms with E-state index >= 15 is 0 Å². The third-order valence-electron chi connectivity index (χ3n) is 4.29. The molecule has 0 amide bonds. The smallest absolute Gasteiger partial charge is 0.250 e. The second-order valence-corrected chi connectivity index (χ2v) is 6.41. The van der Waals surface area contributed by atoms with Crippen LogP contribution in [0.5, 0.6) is 0 Å². The number of aryl methyl sites for hydroxylation is 2. The van der Waals surface area contributed by atoms with Crippen LogP contribution in [0.1, 0.15) is 49.0 Å². The van der Waals surface area contributed by atoms with Crippen LogP contribution in [-0.2, 0) is 28.5 Å². The van der Waals surface area contributed by atoms with E-state index in [-0.39, 0.29) is 6.10 Å². The van der Waals surface area contributed by atoms with Crippen molar-refractivity contribution in [2.45, 2.75) is 52.2 Å². The Labute approximate surface area is 136 Å². The number of aromatic nitrogens is 4. The third kappa shape index (κ3) is 3.03. The summed E-state index contributed by atoms with van der Waals surface area (Å²) in [5.41, 5.74) is 2.62. The lowest BCUT2D eigenvalue weighted by molar-refractivity contribution is -0.102. The van der Waals surface area contributed by atoms with Crippen molar-refractivity contribution in [3.8, 4) is 0 Å². The molecule has 1 unspecified atom stereocenters. The molecular formula is C16H24N4O3. The molecule has 0 aromatic carbocycles. The number of nitrogens with zero attached hydrogens (tertiary/aromatic N) is 4. The van der Waals surface area contributed by atoms with Gasteiger partial charge < -0.3 is 13.9 Å². The first kappa shape index (κ1) is 16.1. The lowest BCUT2D eigenvalue weighted by atomic mass is 10.0. The molecular weight excluding hydrogens is 296 g/mol. The van der Waals surface area contributed by atoms with Gasteiger partial charge in [-0.15, -0.1) is 10.2 Å². The normalized spacial score (nSPS) is 21.5. The minimum atomic E-state index is -0.613. The van der Waals surface area contributed by atoms with Crippen molar-refractivity contribution < 1.29 is 13.9 Å². The van der Waals surface area contributed by atoms with E-state index in [1.54, 1.807) is 0 Å². The molecule has 0 spiro atoms. The zero-order valence-corrected chi connectivity index (χ0v) is 14.4. The summed E-state index contributed by atoms with van der Waals surface area (Å²) in [7, 11) is 1.94. The van der Waals surface area contributed by atoms with Crippen molar-refractivity contribution in [1.82, 2.24) is 20.0 Å². The van der Waals surface area contributed by atoms with Crippen LogP contribution in [0, 0.1) is 13.8 Å². The molecule has 0 radical (unpaired) electrons. The summed E-state index contributed by atoms with van der Waals surface area (Å²) < 4.78 is 19.4. The van der Waals surface area contributed by atoms with Gasteiger partial charge in [0.1, 0.15) is 0 Å². The van der Waals surface area contributed by atoms with Gasteiger partial charge in [-0.05, 0) is 27.7 Å². The Morgan fingerprint density at radius 1 is 1.30 bits per heavy atom. The van der Waals surface area contributed by atoms with Crippen LogP contribution in [0.15, 0.2) is 4.42 Å². The fraction of sp³-hybridized carbons (Fsp3) is 0.688. The topological polar surface area (TPSA) is 75.2 Å². The molecule has 3 heterocycles. The predicted molar refractivity (Wildman–Crippen MR) is 83.1 cm³/mol. The van der Waals surface area contributed by atoms with Gasteiger partial charge in [-0.25, -0.2) is 0 Å². The molecule has 0 bridgehead atoms. The fourth-order valence-electron chi connectivity index (χ4n) is 3.04. The van der Waals surface area contributed by atoms with Crippen molar-refractivity contribution in [2.75, 3.05) is 13.2 Å². The van der Waals surface area contributed by atoms with Crippen LogP contribution in [0.4, 0.5) is 0 Å². The second-order valence-electron chi connectivity index (χ2n) is 6.41. The quantitative estimate of drug-likeness (QED) is 0.839. The summed E-state index contributed by atoms with van der Waals surface area (Å²) >= 11 is 0. The Balaban J connectivity index is 1.85. The van der Waals surface area contributed by atoms with Gasteiger partial charge in [-0.2, -0.15) is 5.10 Å². The molecule has 1 aliphatic heterocycles. The maximum Gasteiger partial charge on any atom is 0.250 e. The van der Waals surface area contributed by atoms with Gasteiger partial charge in [0.15, 0.2) is 5.60 Å². The average molecular weight is 320 g/mol. The molecule has 23 heavy (non-hydrogen) atoms. The molecule has 0 N–H and O–H groups in total. The molecule has 1 saturated heterocycles. The maximum atomic E-state index is 6.06. The molecule has 7 heteroatoms. The van der Waals surface area contributed by atoms with E-state index in [1.807, 2.05) is 39.4 Å². The molecule has 1 fully saturated rings. The van der Waals surface area contributed by atoms with Gasteiger partial charge in [-0.3, -0.25) is 4.68 Å². The fourth-order valence-corrected chi connectivity index (χ4v) is 3.04. The van der Waals surface area contributed by atoms with E-state index in [2.05, 4.69) is 15.3 Å². The third-order valence-corrected chi connectivity index (χ3v) is 4.29. The van der Waals surface area contributed by atoms with Crippen LogP contribution in [0.25, 0.3) is 0 Å². The zero-order valence-electron chi connectivity index (χ0n) is 14.4. The van der Waals surface area contributed by atoms with Gasteiger partial charge in [0.05, 0.1) is 31.4 Å². The van der Waals surface area contributed by atoms with Crippen molar-refractivity contribution in [3.63, 3.8) is 0 Å². The molecule has 1 aliphatic rings. The van der Waals surface area contributed by atoms with E-state index in [1.165, 1.54) is 0 Å². The molecule has 0 saturated carbocycles. The molecule has 126 valence electrons. The van der Waals surface area contributed by atoms with Gasteiger partial charge >= 0.3 is 0 Å². The highest BCUT2D eigenvalue weighted by molar-refractivity contribution is 5.27. The summed E-state index contributed by atoms with van der Waals surface area (Å²) in [6.07, 6.45) is 1.38. The molecule has 7 nitrogen and oxygen atoms in total. The highest BCUT2D eigenvalue weighted by Gasteiger charge is 2.44. The Morgan fingerprint density at radius 2 is 2.09 bits per heavy atom. The lowest BCUT2D eigenvalue weighted by Crippen LogP contribution is -2.33. The van der Waals surface area contributed by atoms with Crippen LogP contribution in [-0.4, -0.2) is 39.3 Å². The first-order valence-electron chi connectivity index (χ1n) is 7.99. The summed E-state index contributed by atoms with van der Waals surface area (Å²) in [6.45, 7) is 9.14. The molecule has 2 aromatic rings. The molecule has 2 aromatic heterocycles. The van der Waals surface area contributed by atoms with Crippen LogP contribution >= 0.6 is 0 Å². The van der Waals surface area contributed by atoms with Crippen LogP contribution in [0.2, 0.25) is 0 Å². The van der Waals surface area contributed by atoms with Crippen molar-refractivity contribution in [1.29, 1.82) is 0 Å². The van der Waals surface area contributed by atoms with E-state index in [0.29, 0.717) is 31.4 Å². The molecule has 3 rings (SSSR count). The van der Waals surface area contributed by atoms with Crippen molar-refractivity contribution in [3.05, 3.63) is 28.7 Å². The summed E-state index contributed by atoms with van der Waals surface area (Å²) in [5, 5.41) is 12.9. The Hall–Kier alpha value is -1.73. The SMILES string of the molecule is Cc1nn(C)c(C)c1Cc1nnc(C2(OC(C)C)CCOC2)o1. The number of hydrogen-bond donors (Lipinski definition) is 0. The van der Waals surface area contributed by atoms with Gasteiger partial charge in [0.25, 0.3) is 5.89 Å². The van der Waals surface area contributed by atoms with Crippen LogP contribution < -0.4 is 0 Å². The molecule has 0 aliphatic carbocycles. The largest absolute Gasteiger partial charge is 0.422 e. The average Bonchev–Trinajstić information content (AvgIpc) is 3.17. The summed E-state index contributed by atoms with van der Waals surface area (Å²) in [6, 6.07) is 0. The first-order chi connectivity index (χ1) is 10.9. The summed E-state index contributed by atoms with van der Waals surface area (Å²) in [4.78, 5) is 0. The lowest BCUT2D eigenvalue weighted by Gasteiger charge is -2.26. The van der Waals surface area contributed by atoms with E-state index in [9.17, 15) is 0 Å². The van der Waals surface area contributed by atoms with E-state index < -0.39 is 5.60 Å². The van der Waals surface area contributed by atoms with E-state index in [4.69, 9.17) is 13.9 Å². The monoisotopic (exact) mass is 320 g/mol. The zero-order chi connectivity index (χ0) is 16.6. The Morgan fingerprint density at radius 3 is 2.65 bits per heavy atom. The summed E-state index contributed by atoms with van der Waals surface area (Å²) in [5.74, 6) is 1.09. The highest BCUT2D eigenvalue weighted by Crippen LogP contribution is 2.35. The van der Waals surface area contributed by atoms with Crippen molar-refractivity contribution in [2.24, 2.45) is 7.05 Å². The van der Waals surface area contributed by atoms with Gasteiger partial charge in [-0.1, -0.05) is 0 Å². The first-order valence-corrected chi connectivity index (χ1v) is 7.99. The standard InChI is InChI=1S/C16H24N4O3/c1-10(2)23-16(6-7-21-9-16)15-18-17-14(22-15)8-13-11(3)19-20(5)12(13)4/h10H,6-9H2,1-5H3. The number of rotatable bonds is 5. The predicted octanol–water partition coefficient (Wildman–Crippen LogP) is 2.05. The molecule has 1 atom stereocenters. The van der Waals surface area contributed by atoms with E-state index in [0.717, 1.165) is 23.4 Å². The number of ether oxygens (including phenoxy) is 2.